The first kappa shape index (κ1) is 20.9. The van der Waals surface area contributed by atoms with Gasteiger partial charge in [-0.25, -0.2) is 4.79 Å². The second-order valence-electron chi connectivity index (χ2n) is 6.87. The van der Waals surface area contributed by atoms with Crippen LogP contribution in [0.15, 0.2) is 9.59 Å². The number of carbonyl (C=O) groups excluding carboxylic acids is 2. The summed E-state index contributed by atoms with van der Waals surface area (Å²) in [5.74, 6) is 0.00282. The minimum atomic E-state index is -0.539. The molecule has 9 heteroatoms. The zero-order valence-electron chi connectivity index (χ0n) is 16.1. The van der Waals surface area contributed by atoms with E-state index >= 15 is 0 Å². The van der Waals surface area contributed by atoms with Gasteiger partial charge in [0.05, 0.1) is 6.54 Å². The van der Waals surface area contributed by atoms with Gasteiger partial charge in [-0.15, -0.1) is 0 Å². The largest absolute Gasteiger partial charge is 0.355 e. The smallest absolute Gasteiger partial charge is 0.325 e. The van der Waals surface area contributed by atoms with E-state index in [2.05, 4.69) is 22.2 Å². The van der Waals surface area contributed by atoms with Gasteiger partial charge in [0.15, 0.2) is 0 Å². The number of carbonyl (C=O) groups is 2. The number of aryl methyl sites for hydroxylation is 1. The van der Waals surface area contributed by atoms with Crippen LogP contribution in [0.2, 0.25) is 0 Å². The third kappa shape index (κ3) is 6.35. The van der Waals surface area contributed by atoms with E-state index < -0.39 is 11.2 Å². The van der Waals surface area contributed by atoms with Crippen molar-refractivity contribution in [2.75, 3.05) is 39.3 Å². The zero-order chi connectivity index (χ0) is 19.8. The molecule has 0 atom stereocenters. The van der Waals surface area contributed by atoms with E-state index in [1.807, 2.05) is 4.90 Å². The number of nitrogens with zero attached hydrogens (tertiary/aromatic N) is 2. The number of piperazine rings is 1. The van der Waals surface area contributed by atoms with Gasteiger partial charge in [-0.1, -0.05) is 13.3 Å². The molecule has 1 aliphatic heterocycles. The topological polar surface area (TPSA) is 118 Å². The number of hydrogen-bond acceptors (Lipinski definition) is 5. The van der Waals surface area contributed by atoms with Crippen LogP contribution in [-0.2, 0) is 16.0 Å². The van der Waals surface area contributed by atoms with E-state index in [-0.39, 0.29) is 24.7 Å². The van der Waals surface area contributed by atoms with E-state index in [9.17, 15) is 19.2 Å². The molecular formula is C18H29N5O4. The lowest BCUT2D eigenvalue weighted by Crippen LogP contribution is -2.51. The number of rotatable bonds is 8. The number of H-pyrrole nitrogens is 2. The van der Waals surface area contributed by atoms with Crippen molar-refractivity contribution in [3.05, 3.63) is 32.1 Å². The quantitative estimate of drug-likeness (QED) is 0.520. The Morgan fingerprint density at radius 2 is 1.81 bits per heavy atom. The normalized spacial score (nSPS) is 15.0. The Balaban J connectivity index is 1.76. The molecule has 2 amide bonds. The van der Waals surface area contributed by atoms with Gasteiger partial charge in [-0.2, -0.15) is 0 Å². The minimum Gasteiger partial charge on any atom is -0.355 e. The molecule has 150 valence electrons. The highest BCUT2D eigenvalue weighted by Gasteiger charge is 2.22. The first-order valence-electron chi connectivity index (χ1n) is 9.49. The van der Waals surface area contributed by atoms with Crippen LogP contribution in [0.5, 0.6) is 0 Å². The molecule has 0 spiro atoms. The van der Waals surface area contributed by atoms with Crippen molar-refractivity contribution < 1.29 is 9.59 Å². The average Bonchev–Trinajstić information content (AvgIpc) is 2.61. The first-order valence-corrected chi connectivity index (χ1v) is 9.49. The van der Waals surface area contributed by atoms with Crippen LogP contribution in [0.3, 0.4) is 0 Å². The number of hydrogen-bond donors (Lipinski definition) is 3. The Morgan fingerprint density at radius 3 is 2.44 bits per heavy atom. The van der Waals surface area contributed by atoms with Crippen molar-refractivity contribution >= 4 is 11.8 Å². The van der Waals surface area contributed by atoms with E-state index in [4.69, 9.17) is 0 Å². The number of nitrogens with one attached hydrogen (secondary N) is 3. The van der Waals surface area contributed by atoms with Crippen LogP contribution < -0.4 is 16.6 Å². The molecule has 0 unspecified atom stereocenters. The maximum absolute atomic E-state index is 12.4. The second-order valence-corrected chi connectivity index (χ2v) is 6.87. The molecule has 0 aromatic carbocycles. The summed E-state index contributed by atoms with van der Waals surface area (Å²) in [6.45, 7) is 7.26. The number of aromatic amines is 2. The SMILES string of the molecule is CCCCNC(=O)CN1CCN(C(=O)CCc2c(C)[nH]c(=O)[nH]c2=O)CC1. The molecular weight excluding hydrogens is 350 g/mol. The Hall–Kier alpha value is -2.42. The van der Waals surface area contributed by atoms with E-state index in [0.29, 0.717) is 50.5 Å². The summed E-state index contributed by atoms with van der Waals surface area (Å²) in [6.07, 6.45) is 2.53. The van der Waals surface area contributed by atoms with Crippen LogP contribution in [0.1, 0.15) is 37.4 Å². The summed E-state index contributed by atoms with van der Waals surface area (Å²) >= 11 is 0. The fourth-order valence-electron chi connectivity index (χ4n) is 3.14. The zero-order valence-corrected chi connectivity index (χ0v) is 16.1. The molecule has 1 aromatic heterocycles. The van der Waals surface area contributed by atoms with Crippen molar-refractivity contribution in [1.29, 1.82) is 0 Å². The molecule has 0 saturated carbocycles. The Morgan fingerprint density at radius 1 is 1.11 bits per heavy atom. The molecule has 0 bridgehead atoms. The van der Waals surface area contributed by atoms with Crippen LogP contribution in [0.4, 0.5) is 0 Å². The van der Waals surface area contributed by atoms with Gasteiger partial charge in [0.1, 0.15) is 0 Å². The predicted octanol–water partition coefficient (Wildman–Crippen LogP) is -0.635. The van der Waals surface area contributed by atoms with E-state index in [0.717, 1.165) is 12.8 Å². The molecule has 1 fully saturated rings. The molecule has 2 heterocycles. The van der Waals surface area contributed by atoms with Gasteiger partial charge in [0.25, 0.3) is 5.56 Å². The number of aromatic nitrogens is 2. The summed E-state index contributed by atoms with van der Waals surface area (Å²) in [5.41, 5.74) is -0.0498. The molecule has 27 heavy (non-hydrogen) atoms. The third-order valence-corrected chi connectivity index (χ3v) is 4.79. The van der Waals surface area contributed by atoms with E-state index in [1.165, 1.54) is 0 Å². The summed E-state index contributed by atoms with van der Waals surface area (Å²) in [6, 6.07) is 0. The molecule has 1 aliphatic rings. The highest BCUT2D eigenvalue weighted by Crippen LogP contribution is 2.07. The fraction of sp³-hybridized carbons (Fsp3) is 0.667. The van der Waals surface area contributed by atoms with Crippen molar-refractivity contribution in [2.24, 2.45) is 0 Å². The fourth-order valence-corrected chi connectivity index (χ4v) is 3.14. The van der Waals surface area contributed by atoms with Gasteiger partial charge >= 0.3 is 5.69 Å². The highest BCUT2D eigenvalue weighted by molar-refractivity contribution is 5.78. The predicted molar refractivity (Wildman–Crippen MR) is 102 cm³/mol. The summed E-state index contributed by atoms with van der Waals surface area (Å²) < 4.78 is 0. The minimum absolute atomic E-state index is 0.0213. The van der Waals surface area contributed by atoms with Gasteiger partial charge in [0, 0.05) is 50.4 Å². The van der Waals surface area contributed by atoms with Crippen LogP contribution in [0.25, 0.3) is 0 Å². The van der Waals surface area contributed by atoms with Crippen LogP contribution >= 0.6 is 0 Å². The van der Waals surface area contributed by atoms with Crippen molar-refractivity contribution in [3.63, 3.8) is 0 Å². The summed E-state index contributed by atoms with van der Waals surface area (Å²) in [4.78, 5) is 55.9. The Bertz CT molecular complexity index is 762. The third-order valence-electron chi connectivity index (χ3n) is 4.79. The van der Waals surface area contributed by atoms with Gasteiger partial charge < -0.3 is 15.2 Å². The number of amides is 2. The Labute approximate surface area is 158 Å². The molecule has 9 nitrogen and oxygen atoms in total. The van der Waals surface area contributed by atoms with E-state index in [1.54, 1.807) is 11.8 Å². The molecule has 2 rings (SSSR count). The van der Waals surface area contributed by atoms with Crippen molar-refractivity contribution in [3.8, 4) is 0 Å². The van der Waals surface area contributed by atoms with Crippen LogP contribution in [-0.4, -0.2) is 70.9 Å². The molecule has 1 aromatic rings. The lowest BCUT2D eigenvalue weighted by Gasteiger charge is -2.34. The molecule has 0 radical (unpaired) electrons. The summed E-state index contributed by atoms with van der Waals surface area (Å²) in [7, 11) is 0. The first-order chi connectivity index (χ1) is 12.9. The lowest BCUT2D eigenvalue weighted by molar-refractivity contribution is -0.133. The standard InChI is InChI=1S/C18H29N5O4/c1-3-4-7-19-15(24)12-22-8-10-23(11-9-22)16(25)6-5-14-13(2)20-18(27)21-17(14)26/h3-12H2,1-2H3,(H,19,24)(H2,20,21,26,27). The molecule has 1 saturated heterocycles. The van der Waals surface area contributed by atoms with Gasteiger partial charge in [-0.05, 0) is 19.8 Å². The maximum Gasteiger partial charge on any atom is 0.325 e. The average molecular weight is 379 g/mol. The molecule has 3 N–H and O–H groups in total. The van der Waals surface area contributed by atoms with Gasteiger partial charge in [0.2, 0.25) is 11.8 Å². The second kappa shape index (κ2) is 10.1. The van der Waals surface area contributed by atoms with Crippen LogP contribution in [0, 0.1) is 6.92 Å². The molecule has 0 aliphatic carbocycles. The maximum atomic E-state index is 12.4. The number of unbranched alkanes of at least 4 members (excludes halogenated alkanes) is 1. The Kier molecular flexibility index (Phi) is 7.78. The van der Waals surface area contributed by atoms with Crippen molar-refractivity contribution in [2.45, 2.75) is 39.5 Å². The van der Waals surface area contributed by atoms with Gasteiger partial charge in [-0.3, -0.25) is 24.3 Å². The lowest BCUT2D eigenvalue weighted by atomic mass is 10.1. The van der Waals surface area contributed by atoms with Crippen molar-refractivity contribution in [1.82, 2.24) is 25.1 Å². The highest BCUT2D eigenvalue weighted by atomic mass is 16.2. The monoisotopic (exact) mass is 379 g/mol. The summed E-state index contributed by atoms with van der Waals surface area (Å²) in [5, 5.41) is 2.90.